The summed E-state index contributed by atoms with van der Waals surface area (Å²) in [4.78, 5) is 12.7. The van der Waals surface area contributed by atoms with Crippen LogP contribution in [0.5, 0.6) is 5.75 Å². The Morgan fingerprint density at radius 1 is 0.521 bits per heavy atom. The van der Waals surface area contributed by atoms with Gasteiger partial charge in [-0.2, -0.15) is 0 Å². The van der Waals surface area contributed by atoms with Crippen LogP contribution in [0.2, 0.25) is 0 Å². The number of unbranched alkanes of at least 4 members (excludes halogenated alkanes) is 25. The third-order valence-electron chi connectivity index (χ3n) is 9.46. The van der Waals surface area contributed by atoms with Crippen LogP contribution in [0, 0.1) is 0 Å². The van der Waals surface area contributed by atoms with Gasteiger partial charge in [-0.05, 0) is 30.5 Å². The monoisotopic (exact) mass is 675 g/mol. The molecule has 280 valence electrons. The molecule has 0 saturated carbocycles. The van der Waals surface area contributed by atoms with Crippen LogP contribution in [0.15, 0.2) is 24.3 Å². The molecule has 0 amide bonds. The molecule has 0 unspecified atom stereocenters. The molecule has 1 atom stereocenters. The van der Waals surface area contributed by atoms with Gasteiger partial charge in [-0.3, -0.25) is 4.79 Å². The zero-order chi connectivity index (χ0) is 34.6. The zero-order valence-electron chi connectivity index (χ0n) is 32.1. The Labute approximate surface area is 298 Å². The Balaban J connectivity index is 2.17. The van der Waals surface area contributed by atoms with E-state index in [1.165, 1.54) is 154 Å². The van der Waals surface area contributed by atoms with Gasteiger partial charge in [0.2, 0.25) is 0 Å². The van der Waals surface area contributed by atoms with Crippen molar-refractivity contribution in [3.63, 3.8) is 0 Å². The van der Waals surface area contributed by atoms with E-state index in [9.17, 15) is 4.79 Å². The summed E-state index contributed by atoms with van der Waals surface area (Å²) in [5.74, 6) is 0.701. The highest BCUT2D eigenvalue weighted by molar-refractivity contribution is 5.69. The number of hydrogen-bond donors (Lipinski definition) is 0. The van der Waals surface area contributed by atoms with E-state index in [-0.39, 0.29) is 12.1 Å². The lowest BCUT2D eigenvalue weighted by molar-refractivity contribution is -0.156. The average molecular weight is 675 g/mol. The van der Waals surface area contributed by atoms with Crippen LogP contribution in [0.3, 0.4) is 0 Å². The second-order valence-corrected chi connectivity index (χ2v) is 14.1. The molecule has 0 aliphatic rings. The van der Waals surface area contributed by atoms with Crippen molar-refractivity contribution in [1.82, 2.24) is 0 Å². The Bertz CT molecular complexity index is 795. The van der Waals surface area contributed by atoms with Crippen LogP contribution in [0.1, 0.15) is 199 Å². The van der Waals surface area contributed by atoms with Crippen LogP contribution in [0.25, 0.3) is 0 Å². The summed E-state index contributed by atoms with van der Waals surface area (Å²) >= 11 is 0. The summed E-state index contributed by atoms with van der Waals surface area (Å²) in [5.41, 5.74) is 1.07. The average Bonchev–Trinajstić information content (AvgIpc) is 3.10. The molecule has 5 heteroatoms. The molecule has 0 radical (unpaired) electrons. The first kappa shape index (κ1) is 44.4. The van der Waals surface area contributed by atoms with E-state index in [4.69, 9.17) is 18.9 Å². The van der Waals surface area contributed by atoms with Gasteiger partial charge in [0.15, 0.2) is 0 Å². The van der Waals surface area contributed by atoms with Crippen molar-refractivity contribution in [1.29, 1.82) is 0 Å². The van der Waals surface area contributed by atoms with Crippen LogP contribution < -0.4 is 4.74 Å². The van der Waals surface area contributed by atoms with Crippen LogP contribution >= 0.6 is 0 Å². The van der Waals surface area contributed by atoms with Gasteiger partial charge in [0, 0.05) is 13.0 Å². The predicted octanol–water partition coefficient (Wildman–Crippen LogP) is 13.1. The van der Waals surface area contributed by atoms with Gasteiger partial charge in [0.1, 0.15) is 11.9 Å². The second-order valence-electron chi connectivity index (χ2n) is 14.1. The van der Waals surface area contributed by atoms with E-state index in [1.807, 2.05) is 24.3 Å². The quantitative estimate of drug-likeness (QED) is 0.0519. The fraction of sp³-hybridized carbons (Fsp3) is 0.837. The molecule has 1 aromatic rings. The maximum atomic E-state index is 12.7. The number of benzene rings is 1. The Hall–Kier alpha value is -1.59. The minimum Gasteiger partial charge on any atom is -0.497 e. The molecule has 0 fully saturated rings. The molecule has 0 aliphatic heterocycles. The highest BCUT2D eigenvalue weighted by Crippen LogP contribution is 2.16. The molecule has 48 heavy (non-hydrogen) atoms. The normalized spacial score (nSPS) is 12.0. The van der Waals surface area contributed by atoms with Crippen molar-refractivity contribution >= 4 is 5.97 Å². The molecule has 0 heterocycles. The third-order valence-corrected chi connectivity index (χ3v) is 9.46. The summed E-state index contributed by atoms with van der Waals surface area (Å²) in [6.45, 7) is 6.48. The molecule has 0 spiro atoms. The zero-order valence-corrected chi connectivity index (χ0v) is 32.1. The van der Waals surface area contributed by atoms with E-state index in [1.54, 1.807) is 7.11 Å². The fourth-order valence-electron chi connectivity index (χ4n) is 6.29. The molecule has 0 N–H and O–H groups in total. The number of esters is 1. The molecular weight excluding hydrogens is 596 g/mol. The van der Waals surface area contributed by atoms with Gasteiger partial charge >= 0.3 is 5.97 Å². The largest absolute Gasteiger partial charge is 0.497 e. The summed E-state index contributed by atoms with van der Waals surface area (Å²) in [7, 11) is 1.67. The molecule has 1 aromatic carbocycles. The molecule has 0 bridgehead atoms. The standard InChI is InChI=1S/C43H78O5/c1-4-6-8-10-12-14-16-18-20-22-24-26-28-30-36-46-38-42(39-47-37-40-32-34-41(45-3)35-33-40)48-43(44)31-29-27-25-23-21-19-17-15-13-11-9-7-5-2/h32-35,42H,4-31,36-39H2,1-3H3/t42-/m1/s1. The first-order chi connectivity index (χ1) is 23.7. The van der Waals surface area contributed by atoms with E-state index < -0.39 is 0 Å². The lowest BCUT2D eigenvalue weighted by Crippen LogP contribution is -2.28. The van der Waals surface area contributed by atoms with Gasteiger partial charge in [0.25, 0.3) is 0 Å². The number of methoxy groups -OCH3 is 1. The molecule has 1 rings (SSSR count). The fourth-order valence-corrected chi connectivity index (χ4v) is 6.29. The summed E-state index contributed by atoms with van der Waals surface area (Å²) < 4.78 is 23.0. The van der Waals surface area contributed by atoms with E-state index >= 15 is 0 Å². The lowest BCUT2D eigenvalue weighted by atomic mass is 10.0. The highest BCUT2D eigenvalue weighted by Gasteiger charge is 2.15. The summed E-state index contributed by atoms with van der Waals surface area (Å²) in [6, 6.07) is 7.87. The van der Waals surface area contributed by atoms with Crippen molar-refractivity contribution < 1.29 is 23.7 Å². The number of carbonyl (C=O) groups excluding carboxylic acids is 1. The van der Waals surface area contributed by atoms with Gasteiger partial charge in [-0.1, -0.05) is 187 Å². The Morgan fingerprint density at radius 2 is 0.917 bits per heavy atom. The number of ether oxygens (including phenoxy) is 4. The van der Waals surface area contributed by atoms with Gasteiger partial charge in [-0.25, -0.2) is 0 Å². The van der Waals surface area contributed by atoms with E-state index in [0.29, 0.717) is 32.8 Å². The van der Waals surface area contributed by atoms with Crippen molar-refractivity contribution in [2.45, 2.75) is 206 Å². The van der Waals surface area contributed by atoms with Crippen molar-refractivity contribution in [2.75, 3.05) is 26.9 Å². The molecule has 5 nitrogen and oxygen atoms in total. The third kappa shape index (κ3) is 29.3. The highest BCUT2D eigenvalue weighted by atomic mass is 16.6. The second kappa shape index (κ2) is 35.2. The Morgan fingerprint density at radius 3 is 1.35 bits per heavy atom. The maximum absolute atomic E-state index is 12.7. The SMILES string of the molecule is CCCCCCCCCCCCCCCCOC[C@H](COCc1ccc(OC)cc1)OC(=O)CCCCCCCCCCCCCCC. The first-order valence-electron chi connectivity index (χ1n) is 20.7. The molecule has 0 aliphatic carbocycles. The smallest absolute Gasteiger partial charge is 0.306 e. The minimum absolute atomic E-state index is 0.129. The van der Waals surface area contributed by atoms with E-state index in [0.717, 1.165) is 30.6 Å². The first-order valence-corrected chi connectivity index (χ1v) is 20.7. The van der Waals surface area contributed by atoms with Gasteiger partial charge in [0.05, 0.1) is 26.9 Å². The van der Waals surface area contributed by atoms with Crippen molar-refractivity contribution in [2.24, 2.45) is 0 Å². The predicted molar refractivity (Wildman–Crippen MR) is 204 cm³/mol. The molecule has 0 aromatic heterocycles. The van der Waals surface area contributed by atoms with Crippen molar-refractivity contribution in [3.8, 4) is 5.75 Å². The van der Waals surface area contributed by atoms with E-state index in [2.05, 4.69) is 13.8 Å². The summed E-state index contributed by atoms with van der Waals surface area (Å²) in [5, 5.41) is 0. The minimum atomic E-state index is -0.371. The van der Waals surface area contributed by atoms with Crippen LogP contribution in [0.4, 0.5) is 0 Å². The van der Waals surface area contributed by atoms with Gasteiger partial charge < -0.3 is 18.9 Å². The van der Waals surface area contributed by atoms with Crippen LogP contribution in [-0.4, -0.2) is 39.0 Å². The van der Waals surface area contributed by atoms with Gasteiger partial charge in [-0.15, -0.1) is 0 Å². The maximum Gasteiger partial charge on any atom is 0.306 e. The van der Waals surface area contributed by atoms with Crippen molar-refractivity contribution in [3.05, 3.63) is 29.8 Å². The Kier molecular flexibility index (Phi) is 32.6. The molecular formula is C43H78O5. The van der Waals surface area contributed by atoms with Crippen LogP contribution in [-0.2, 0) is 25.6 Å². The topological polar surface area (TPSA) is 54.0 Å². The number of carbonyl (C=O) groups is 1. The molecule has 0 saturated heterocycles. The lowest BCUT2D eigenvalue weighted by Gasteiger charge is -2.18. The number of rotatable bonds is 37. The summed E-state index contributed by atoms with van der Waals surface area (Å²) in [6.07, 6.45) is 35.8. The number of hydrogen-bond acceptors (Lipinski definition) is 5.